The van der Waals surface area contributed by atoms with Crippen molar-refractivity contribution in [3.8, 4) is 5.75 Å². The summed E-state index contributed by atoms with van der Waals surface area (Å²) in [5, 5.41) is 13.0. The Balaban J connectivity index is 2.02. The molecular weight excluding hydrogens is 322 g/mol. The number of aromatic hydroxyl groups is 1. The second-order valence-corrected chi connectivity index (χ2v) is 7.07. The monoisotopic (exact) mass is 339 g/mol. The van der Waals surface area contributed by atoms with Crippen LogP contribution in [0.15, 0.2) is 28.7 Å². The molecule has 0 aliphatic rings. The maximum Gasteiger partial charge on any atom is 0.129 e. The molecule has 2 aromatic rings. The van der Waals surface area contributed by atoms with E-state index in [0.717, 1.165) is 16.6 Å². The summed E-state index contributed by atoms with van der Waals surface area (Å²) in [7, 11) is 0. The van der Waals surface area contributed by atoms with Crippen LogP contribution in [0.25, 0.3) is 0 Å². The number of aryl methyl sites for hydroxylation is 2. The van der Waals surface area contributed by atoms with E-state index in [4.69, 9.17) is 0 Å². The lowest BCUT2D eigenvalue weighted by Crippen LogP contribution is -2.18. The number of thiophene rings is 1. The molecule has 0 aliphatic carbocycles. The molecule has 1 heterocycles. The van der Waals surface area contributed by atoms with Crippen LogP contribution < -0.4 is 5.32 Å². The van der Waals surface area contributed by atoms with Gasteiger partial charge in [-0.15, -0.1) is 11.3 Å². The molecule has 0 radical (unpaired) electrons. The number of phenolic OH excluding ortho intramolecular Hbond substituents is 1. The first kappa shape index (κ1) is 14.6. The van der Waals surface area contributed by atoms with Gasteiger partial charge in [-0.3, -0.25) is 0 Å². The average molecular weight is 340 g/mol. The third-order valence-electron chi connectivity index (χ3n) is 3.17. The van der Waals surface area contributed by atoms with Crippen molar-refractivity contribution in [1.82, 2.24) is 5.32 Å². The fraction of sp³-hybridized carbons (Fsp3) is 0.333. The van der Waals surface area contributed by atoms with E-state index in [9.17, 15) is 5.11 Å². The smallest absolute Gasteiger partial charge is 0.129 e. The van der Waals surface area contributed by atoms with Gasteiger partial charge in [0.1, 0.15) is 5.75 Å². The van der Waals surface area contributed by atoms with Crippen molar-refractivity contribution < 1.29 is 5.11 Å². The molecule has 1 unspecified atom stereocenters. The maximum absolute atomic E-state index is 9.47. The standard InChI is InChI=1S/C15H18BrNOS/c1-9-6-13(11(3)19-9)10(2)17-8-12-4-5-15(18)14(16)7-12/h4-7,10,17-18H,8H2,1-3H3. The topological polar surface area (TPSA) is 32.3 Å². The first-order valence-corrected chi connectivity index (χ1v) is 7.86. The molecule has 2 rings (SSSR count). The number of hydrogen-bond donors (Lipinski definition) is 2. The Bertz CT molecular complexity index is 580. The van der Waals surface area contributed by atoms with Gasteiger partial charge in [0, 0.05) is 22.3 Å². The third-order valence-corrected chi connectivity index (χ3v) is 4.79. The second kappa shape index (κ2) is 6.07. The molecule has 1 aromatic heterocycles. The summed E-state index contributed by atoms with van der Waals surface area (Å²) in [6.45, 7) is 7.28. The van der Waals surface area contributed by atoms with Crippen LogP contribution in [0.3, 0.4) is 0 Å². The Morgan fingerprint density at radius 3 is 2.63 bits per heavy atom. The first-order chi connectivity index (χ1) is 8.97. The van der Waals surface area contributed by atoms with Gasteiger partial charge in [-0.2, -0.15) is 0 Å². The van der Waals surface area contributed by atoms with Crippen molar-refractivity contribution in [2.75, 3.05) is 0 Å². The molecule has 0 aliphatic heterocycles. The molecule has 0 fully saturated rings. The first-order valence-electron chi connectivity index (χ1n) is 6.25. The van der Waals surface area contributed by atoms with E-state index < -0.39 is 0 Å². The molecule has 0 bridgehead atoms. The Kier molecular flexibility index (Phi) is 4.66. The highest BCUT2D eigenvalue weighted by atomic mass is 79.9. The lowest BCUT2D eigenvalue weighted by atomic mass is 10.1. The van der Waals surface area contributed by atoms with Crippen LogP contribution in [-0.2, 0) is 6.54 Å². The van der Waals surface area contributed by atoms with Crippen LogP contribution in [0, 0.1) is 13.8 Å². The van der Waals surface area contributed by atoms with E-state index in [2.05, 4.69) is 48.1 Å². The number of hydrogen-bond acceptors (Lipinski definition) is 3. The van der Waals surface area contributed by atoms with Crippen molar-refractivity contribution in [2.45, 2.75) is 33.4 Å². The average Bonchev–Trinajstić information content (AvgIpc) is 2.70. The summed E-state index contributed by atoms with van der Waals surface area (Å²) in [6.07, 6.45) is 0. The van der Waals surface area contributed by atoms with Gasteiger partial charge in [0.15, 0.2) is 0 Å². The summed E-state index contributed by atoms with van der Waals surface area (Å²) < 4.78 is 0.738. The summed E-state index contributed by atoms with van der Waals surface area (Å²) in [4.78, 5) is 2.73. The number of halogens is 1. The fourth-order valence-corrected chi connectivity index (χ4v) is 3.57. The van der Waals surface area contributed by atoms with Crippen molar-refractivity contribution in [2.24, 2.45) is 0 Å². The Labute approximate surface area is 126 Å². The van der Waals surface area contributed by atoms with Crippen LogP contribution in [-0.4, -0.2) is 5.11 Å². The normalized spacial score (nSPS) is 12.6. The Morgan fingerprint density at radius 2 is 2.05 bits per heavy atom. The molecule has 0 spiro atoms. The Morgan fingerprint density at radius 1 is 1.32 bits per heavy atom. The zero-order chi connectivity index (χ0) is 14.0. The van der Waals surface area contributed by atoms with Gasteiger partial charge in [0.2, 0.25) is 0 Å². The van der Waals surface area contributed by atoms with Crippen LogP contribution in [0.5, 0.6) is 5.75 Å². The SMILES string of the molecule is Cc1cc(C(C)NCc2ccc(O)c(Br)c2)c(C)s1. The lowest BCUT2D eigenvalue weighted by Gasteiger charge is -2.14. The van der Waals surface area contributed by atoms with Gasteiger partial charge < -0.3 is 10.4 Å². The van der Waals surface area contributed by atoms with Gasteiger partial charge in [-0.25, -0.2) is 0 Å². The highest BCUT2D eigenvalue weighted by Gasteiger charge is 2.10. The highest BCUT2D eigenvalue weighted by molar-refractivity contribution is 9.10. The van der Waals surface area contributed by atoms with Gasteiger partial charge in [0.05, 0.1) is 4.47 Å². The summed E-state index contributed by atoms with van der Waals surface area (Å²) in [5.41, 5.74) is 2.53. The fourth-order valence-electron chi connectivity index (χ4n) is 2.12. The minimum absolute atomic E-state index is 0.279. The van der Waals surface area contributed by atoms with Crippen molar-refractivity contribution >= 4 is 27.3 Å². The van der Waals surface area contributed by atoms with Gasteiger partial charge >= 0.3 is 0 Å². The molecule has 19 heavy (non-hydrogen) atoms. The molecule has 1 atom stereocenters. The maximum atomic E-state index is 9.47. The van der Waals surface area contributed by atoms with E-state index in [0.29, 0.717) is 6.04 Å². The molecule has 2 N–H and O–H groups in total. The minimum atomic E-state index is 0.279. The molecule has 102 valence electrons. The van der Waals surface area contributed by atoms with Crippen molar-refractivity contribution in [3.05, 3.63) is 49.6 Å². The van der Waals surface area contributed by atoms with Gasteiger partial charge in [0.25, 0.3) is 0 Å². The number of nitrogens with one attached hydrogen (secondary N) is 1. The zero-order valence-corrected chi connectivity index (χ0v) is 13.7. The van der Waals surface area contributed by atoms with E-state index in [1.165, 1.54) is 15.3 Å². The highest BCUT2D eigenvalue weighted by Crippen LogP contribution is 2.27. The van der Waals surface area contributed by atoms with E-state index >= 15 is 0 Å². The zero-order valence-electron chi connectivity index (χ0n) is 11.3. The Hall–Kier alpha value is -0.840. The molecule has 0 amide bonds. The lowest BCUT2D eigenvalue weighted by molar-refractivity contribution is 0.471. The van der Waals surface area contributed by atoms with Crippen LogP contribution >= 0.6 is 27.3 Å². The minimum Gasteiger partial charge on any atom is -0.507 e. The van der Waals surface area contributed by atoms with Crippen LogP contribution in [0.1, 0.15) is 33.8 Å². The quantitative estimate of drug-likeness (QED) is 0.847. The molecule has 0 saturated carbocycles. The van der Waals surface area contributed by atoms with Crippen molar-refractivity contribution in [1.29, 1.82) is 0 Å². The molecule has 4 heteroatoms. The third kappa shape index (κ3) is 3.59. The summed E-state index contributed by atoms with van der Waals surface area (Å²) >= 11 is 5.18. The van der Waals surface area contributed by atoms with Crippen LogP contribution in [0.2, 0.25) is 0 Å². The summed E-state index contributed by atoms with van der Waals surface area (Å²) in [6, 6.07) is 8.18. The number of rotatable bonds is 4. The molecular formula is C15H18BrNOS. The predicted molar refractivity (Wildman–Crippen MR) is 84.9 cm³/mol. The second-order valence-electron chi connectivity index (χ2n) is 4.76. The molecule has 1 aromatic carbocycles. The number of benzene rings is 1. The van der Waals surface area contributed by atoms with E-state index in [1.807, 2.05) is 23.5 Å². The van der Waals surface area contributed by atoms with E-state index in [1.54, 1.807) is 6.07 Å². The van der Waals surface area contributed by atoms with E-state index in [-0.39, 0.29) is 5.75 Å². The van der Waals surface area contributed by atoms with Gasteiger partial charge in [-0.1, -0.05) is 6.07 Å². The molecule has 2 nitrogen and oxygen atoms in total. The molecule has 0 saturated heterocycles. The van der Waals surface area contributed by atoms with Gasteiger partial charge in [-0.05, 0) is 66.0 Å². The van der Waals surface area contributed by atoms with Crippen molar-refractivity contribution in [3.63, 3.8) is 0 Å². The summed E-state index contributed by atoms with van der Waals surface area (Å²) in [5.74, 6) is 0.279. The largest absolute Gasteiger partial charge is 0.507 e. The number of phenols is 1. The predicted octanol–water partition coefficient (Wildman–Crippen LogP) is 4.68. The van der Waals surface area contributed by atoms with Crippen LogP contribution in [0.4, 0.5) is 0 Å².